The molecule has 1 aliphatic carbocycles. The van der Waals surface area contributed by atoms with Gasteiger partial charge in [-0.3, -0.25) is 10.00 Å². The summed E-state index contributed by atoms with van der Waals surface area (Å²) in [5, 5.41) is 17.8. The van der Waals surface area contributed by atoms with Gasteiger partial charge in [0.2, 0.25) is 0 Å². The normalized spacial score (nSPS) is 22.0. The number of aromatic amines is 1. The Balaban J connectivity index is 1.49. The second-order valence-electron chi connectivity index (χ2n) is 9.07. The zero-order valence-corrected chi connectivity index (χ0v) is 18.1. The van der Waals surface area contributed by atoms with Gasteiger partial charge in [0.25, 0.3) is 0 Å². The Morgan fingerprint density at radius 1 is 1.23 bits per heavy atom. The highest BCUT2D eigenvalue weighted by molar-refractivity contribution is 5.88. The molecule has 2 aromatic carbocycles. The smallest absolute Gasteiger partial charge is 0.335 e. The van der Waals surface area contributed by atoms with Gasteiger partial charge in [0.05, 0.1) is 24.4 Å². The van der Waals surface area contributed by atoms with Crippen molar-refractivity contribution in [1.29, 1.82) is 0 Å². The number of methoxy groups -OCH3 is 1. The minimum absolute atomic E-state index is 0.273. The molecule has 2 atom stereocenters. The van der Waals surface area contributed by atoms with Crippen LogP contribution in [0.3, 0.4) is 0 Å². The predicted octanol–water partition coefficient (Wildman–Crippen LogP) is 4.94. The van der Waals surface area contributed by atoms with E-state index in [-0.39, 0.29) is 6.04 Å². The zero-order chi connectivity index (χ0) is 21.5. The summed E-state index contributed by atoms with van der Waals surface area (Å²) in [5.41, 5.74) is 4.89. The molecule has 1 aliphatic heterocycles. The van der Waals surface area contributed by atoms with Crippen molar-refractivity contribution in [2.24, 2.45) is 11.8 Å². The maximum Gasteiger partial charge on any atom is 0.335 e. The van der Waals surface area contributed by atoms with Crippen LogP contribution in [0.1, 0.15) is 58.8 Å². The lowest BCUT2D eigenvalue weighted by Gasteiger charge is -2.40. The minimum atomic E-state index is -0.880. The summed E-state index contributed by atoms with van der Waals surface area (Å²) in [6.45, 7) is 3.88. The number of nitrogens with zero attached hydrogens (tertiary/aromatic N) is 2. The topological polar surface area (TPSA) is 78.5 Å². The van der Waals surface area contributed by atoms with Crippen molar-refractivity contribution in [2.45, 2.75) is 45.2 Å². The van der Waals surface area contributed by atoms with E-state index >= 15 is 0 Å². The molecule has 0 radical (unpaired) electrons. The van der Waals surface area contributed by atoms with Crippen LogP contribution in [0, 0.1) is 18.8 Å². The van der Waals surface area contributed by atoms with E-state index in [2.05, 4.69) is 28.1 Å². The second kappa shape index (κ2) is 8.00. The van der Waals surface area contributed by atoms with Crippen LogP contribution in [-0.4, -0.2) is 39.8 Å². The number of ether oxygens (including phenoxy) is 1. The van der Waals surface area contributed by atoms with E-state index in [4.69, 9.17) is 4.74 Å². The molecule has 2 fully saturated rings. The standard InChI is InChI=1S/C25H29N3O3/c1-15-11-23(31-2)21(20-13-26-27-24(15)20)14-28-10-9-19(16-3-4-16)12-22(28)17-5-7-18(8-6-17)25(29)30/h5-8,11,13,16,19,22H,3-4,9-10,12,14H2,1-2H3,(H,26,27)(H,29,30)/t19-,22-/m0/s1. The molecule has 2 heterocycles. The Morgan fingerprint density at radius 2 is 2.00 bits per heavy atom. The molecule has 1 saturated heterocycles. The lowest BCUT2D eigenvalue weighted by molar-refractivity contribution is 0.0696. The minimum Gasteiger partial charge on any atom is -0.496 e. The van der Waals surface area contributed by atoms with Crippen molar-refractivity contribution in [3.63, 3.8) is 0 Å². The molecule has 31 heavy (non-hydrogen) atoms. The second-order valence-corrected chi connectivity index (χ2v) is 9.07. The number of aromatic nitrogens is 2. The maximum absolute atomic E-state index is 11.3. The van der Waals surface area contributed by atoms with Gasteiger partial charge in [-0.15, -0.1) is 0 Å². The molecular weight excluding hydrogens is 390 g/mol. The van der Waals surface area contributed by atoms with E-state index in [9.17, 15) is 9.90 Å². The van der Waals surface area contributed by atoms with Gasteiger partial charge in [0.1, 0.15) is 5.75 Å². The first-order valence-corrected chi connectivity index (χ1v) is 11.1. The first kappa shape index (κ1) is 20.1. The van der Waals surface area contributed by atoms with Gasteiger partial charge in [-0.2, -0.15) is 5.10 Å². The van der Waals surface area contributed by atoms with Crippen molar-refractivity contribution in [3.05, 3.63) is 58.8 Å². The van der Waals surface area contributed by atoms with Crippen LogP contribution in [0.25, 0.3) is 10.9 Å². The van der Waals surface area contributed by atoms with E-state index in [1.165, 1.54) is 24.8 Å². The van der Waals surface area contributed by atoms with E-state index in [1.54, 1.807) is 19.2 Å². The molecule has 0 unspecified atom stereocenters. The third-order valence-electron chi connectivity index (χ3n) is 7.17. The summed E-state index contributed by atoms with van der Waals surface area (Å²) in [5.74, 6) is 1.65. The van der Waals surface area contributed by atoms with E-state index in [0.29, 0.717) is 5.56 Å². The number of aromatic carboxylic acids is 1. The number of hydrogen-bond donors (Lipinski definition) is 2. The molecule has 3 aromatic rings. The number of hydrogen-bond acceptors (Lipinski definition) is 4. The Bertz CT molecular complexity index is 1100. The van der Waals surface area contributed by atoms with Crippen LogP contribution >= 0.6 is 0 Å². The Hall–Kier alpha value is -2.86. The van der Waals surface area contributed by atoms with Crippen LogP contribution in [-0.2, 0) is 6.54 Å². The Morgan fingerprint density at radius 3 is 2.68 bits per heavy atom. The summed E-state index contributed by atoms with van der Waals surface area (Å²) in [6.07, 6.45) is 6.96. The summed E-state index contributed by atoms with van der Waals surface area (Å²) in [6, 6.07) is 9.82. The monoisotopic (exact) mass is 419 g/mol. The first-order chi connectivity index (χ1) is 15.0. The zero-order valence-electron chi connectivity index (χ0n) is 18.1. The average Bonchev–Trinajstić information content (AvgIpc) is 3.51. The molecule has 1 saturated carbocycles. The Kier molecular flexibility index (Phi) is 5.18. The number of benzene rings is 2. The molecule has 2 N–H and O–H groups in total. The number of fused-ring (bicyclic) bond motifs is 1. The number of aryl methyl sites for hydroxylation is 1. The number of carboxylic acid groups (broad SMARTS) is 1. The number of carboxylic acids is 1. The van der Waals surface area contributed by atoms with Gasteiger partial charge in [-0.25, -0.2) is 4.79 Å². The van der Waals surface area contributed by atoms with E-state index in [1.807, 2.05) is 18.3 Å². The number of H-pyrrole nitrogens is 1. The highest BCUT2D eigenvalue weighted by atomic mass is 16.5. The summed E-state index contributed by atoms with van der Waals surface area (Å²) >= 11 is 0. The number of carbonyl (C=O) groups is 1. The van der Waals surface area contributed by atoms with Crippen molar-refractivity contribution in [2.75, 3.05) is 13.7 Å². The molecule has 5 rings (SSSR count). The SMILES string of the molecule is COc1cc(C)c2[nH]ncc2c1CN1CC[C@H](C2CC2)C[C@H]1c1ccc(C(=O)O)cc1. The summed E-state index contributed by atoms with van der Waals surface area (Å²) in [7, 11) is 1.73. The fourth-order valence-electron chi connectivity index (χ4n) is 5.27. The van der Waals surface area contributed by atoms with Crippen molar-refractivity contribution in [1.82, 2.24) is 15.1 Å². The third-order valence-corrected chi connectivity index (χ3v) is 7.17. The van der Waals surface area contributed by atoms with Crippen molar-refractivity contribution >= 4 is 16.9 Å². The highest BCUT2D eigenvalue weighted by Gasteiger charge is 2.38. The molecule has 0 bridgehead atoms. The van der Waals surface area contributed by atoms with E-state index < -0.39 is 5.97 Å². The first-order valence-electron chi connectivity index (χ1n) is 11.1. The quantitative estimate of drug-likeness (QED) is 0.592. The Labute approximate surface area is 182 Å². The molecule has 6 nitrogen and oxygen atoms in total. The highest BCUT2D eigenvalue weighted by Crippen LogP contribution is 2.47. The fourth-order valence-corrected chi connectivity index (χ4v) is 5.27. The third kappa shape index (κ3) is 3.81. The predicted molar refractivity (Wildman–Crippen MR) is 119 cm³/mol. The van der Waals surface area contributed by atoms with E-state index in [0.717, 1.165) is 59.1 Å². The van der Waals surface area contributed by atoms with Crippen LogP contribution in [0.2, 0.25) is 0 Å². The fraction of sp³-hybridized carbons (Fsp3) is 0.440. The van der Waals surface area contributed by atoms with Gasteiger partial charge in [-0.05, 0) is 80.3 Å². The van der Waals surface area contributed by atoms with Crippen molar-refractivity contribution in [3.8, 4) is 5.75 Å². The average molecular weight is 420 g/mol. The maximum atomic E-state index is 11.3. The number of likely N-dealkylation sites (tertiary alicyclic amines) is 1. The lowest BCUT2D eigenvalue weighted by atomic mass is 9.83. The van der Waals surface area contributed by atoms with Gasteiger partial charge in [-0.1, -0.05) is 12.1 Å². The number of rotatable bonds is 6. The van der Waals surface area contributed by atoms with Gasteiger partial charge in [0, 0.05) is 23.5 Å². The number of nitrogens with one attached hydrogen (secondary N) is 1. The molecule has 162 valence electrons. The lowest BCUT2D eigenvalue weighted by Crippen LogP contribution is -2.37. The molecule has 6 heteroatoms. The van der Waals surface area contributed by atoms with Gasteiger partial charge < -0.3 is 9.84 Å². The van der Waals surface area contributed by atoms with Crippen LogP contribution < -0.4 is 4.74 Å². The largest absolute Gasteiger partial charge is 0.496 e. The molecule has 2 aliphatic rings. The molecule has 0 amide bonds. The molecule has 0 spiro atoms. The van der Waals surface area contributed by atoms with Crippen LogP contribution in [0.4, 0.5) is 0 Å². The van der Waals surface area contributed by atoms with Gasteiger partial charge in [0.15, 0.2) is 0 Å². The van der Waals surface area contributed by atoms with Crippen LogP contribution in [0.15, 0.2) is 36.5 Å². The molecular formula is C25H29N3O3. The summed E-state index contributed by atoms with van der Waals surface area (Å²) in [4.78, 5) is 13.8. The van der Waals surface area contributed by atoms with Gasteiger partial charge >= 0.3 is 5.97 Å². The summed E-state index contributed by atoms with van der Waals surface area (Å²) < 4.78 is 5.76. The number of piperidine rings is 1. The molecule has 1 aromatic heterocycles. The van der Waals surface area contributed by atoms with Crippen LogP contribution in [0.5, 0.6) is 5.75 Å². The van der Waals surface area contributed by atoms with Crippen molar-refractivity contribution < 1.29 is 14.6 Å².